The average molecular weight is 230 g/mol. The Morgan fingerprint density at radius 2 is 1.81 bits per heavy atom. The first-order valence-corrected chi connectivity index (χ1v) is 4.32. The van der Waals surface area contributed by atoms with Crippen LogP contribution in [0.1, 0.15) is 19.8 Å². The molecule has 16 heavy (non-hydrogen) atoms. The Morgan fingerprint density at radius 3 is 2.19 bits per heavy atom. The van der Waals surface area contributed by atoms with E-state index in [9.17, 15) is 30.3 Å². The van der Waals surface area contributed by atoms with Gasteiger partial charge in [0, 0.05) is 17.8 Å². The molecule has 88 valence electrons. The quantitative estimate of drug-likeness (QED) is 0.400. The Bertz CT molecular complexity index is 390. The van der Waals surface area contributed by atoms with E-state index >= 15 is 0 Å². The van der Waals surface area contributed by atoms with Gasteiger partial charge >= 0.3 is 0 Å². The molecule has 0 saturated heterocycles. The first kappa shape index (κ1) is 11.9. The summed E-state index contributed by atoms with van der Waals surface area (Å²) in [4.78, 5) is 29.4. The van der Waals surface area contributed by atoms with Gasteiger partial charge in [-0.05, 0) is 9.85 Å². The second-order valence-corrected chi connectivity index (χ2v) is 3.38. The van der Waals surface area contributed by atoms with Crippen LogP contribution >= 0.6 is 0 Å². The summed E-state index contributed by atoms with van der Waals surface area (Å²) < 4.78 is 0. The smallest absolute Gasteiger partial charge is 0.202 e. The lowest BCUT2D eigenvalue weighted by atomic mass is 9.89. The lowest BCUT2D eigenvalue weighted by Gasteiger charge is -2.26. The zero-order chi connectivity index (χ0) is 12.5. The van der Waals surface area contributed by atoms with Crippen molar-refractivity contribution in [1.82, 2.24) is 0 Å². The van der Waals surface area contributed by atoms with Gasteiger partial charge in [0.2, 0.25) is 6.04 Å². The van der Waals surface area contributed by atoms with Gasteiger partial charge in [0.25, 0.3) is 0 Å². The molecule has 1 aliphatic rings. The van der Waals surface area contributed by atoms with Crippen LogP contribution in [0.15, 0.2) is 11.3 Å². The van der Waals surface area contributed by atoms with Crippen molar-refractivity contribution in [2.75, 3.05) is 0 Å². The fraction of sp³-hybridized carbons (Fsp3) is 0.571. The van der Waals surface area contributed by atoms with Crippen LogP contribution in [0.4, 0.5) is 0 Å². The van der Waals surface area contributed by atoms with Crippen LogP contribution in [-0.2, 0) is 0 Å². The summed E-state index contributed by atoms with van der Waals surface area (Å²) in [5.74, 6) is 0. The molecule has 9 nitrogen and oxygen atoms in total. The maximum Gasteiger partial charge on any atom is 0.202 e. The summed E-state index contributed by atoms with van der Waals surface area (Å²) in [5.41, 5.74) is -0.521. The molecule has 0 saturated carbocycles. The number of rotatable bonds is 3. The van der Waals surface area contributed by atoms with Gasteiger partial charge in [-0.3, -0.25) is 30.3 Å². The van der Waals surface area contributed by atoms with E-state index in [1.807, 2.05) is 0 Å². The monoisotopic (exact) mass is 230 g/mol. The Kier molecular flexibility index (Phi) is 3.06. The molecule has 0 aromatic rings. The third-order valence-corrected chi connectivity index (χ3v) is 2.46. The highest BCUT2D eigenvalue weighted by atomic mass is 16.6. The molecular weight excluding hydrogens is 222 g/mol. The van der Waals surface area contributed by atoms with Crippen LogP contribution < -0.4 is 0 Å². The summed E-state index contributed by atoms with van der Waals surface area (Å²) in [7, 11) is 0. The second kappa shape index (κ2) is 4.13. The third kappa shape index (κ3) is 2.07. The molecule has 1 atom stereocenters. The second-order valence-electron chi connectivity index (χ2n) is 3.38. The van der Waals surface area contributed by atoms with E-state index in [-0.39, 0.29) is 18.4 Å². The van der Waals surface area contributed by atoms with Gasteiger partial charge in [0.1, 0.15) is 11.7 Å². The van der Waals surface area contributed by atoms with Crippen molar-refractivity contribution in [1.29, 1.82) is 0 Å². The van der Waals surface area contributed by atoms with Gasteiger partial charge in [-0.15, -0.1) is 0 Å². The minimum absolute atomic E-state index is 0.0758. The zero-order valence-corrected chi connectivity index (χ0v) is 8.28. The molecule has 1 aliphatic carbocycles. The molecule has 0 amide bonds. The molecule has 0 heterocycles. The van der Waals surface area contributed by atoms with E-state index in [4.69, 9.17) is 0 Å². The highest BCUT2D eigenvalue weighted by Gasteiger charge is 2.36. The van der Waals surface area contributed by atoms with Crippen LogP contribution in [0.3, 0.4) is 0 Å². The molecule has 0 fully saturated rings. The van der Waals surface area contributed by atoms with Crippen LogP contribution in [0.2, 0.25) is 0 Å². The molecular formula is C7H8N3O6-. The van der Waals surface area contributed by atoms with Crippen molar-refractivity contribution in [3.05, 3.63) is 47.7 Å². The normalized spacial score (nSPS) is 20.8. The summed E-state index contributed by atoms with van der Waals surface area (Å²) in [6.07, 6.45) is -0.744. The molecule has 0 bridgehead atoms. The van der Waals surface area contributed by atoms with Crippen molar-refractivity contribution < 1.29 is 14.8 Å². The van der Waals surface area contributed by atoms with Crippen molar-refractivity contribution >= 4 is 0 Å². The van der Waals surface area contributed by atoms with Gasteiger partial charge in [0.05, 0.1) is 0 Å². The molecule has 9 heteroatoms. The number of nitro groups is 3. The summed E-state index contributed by atoms with van der Waals surface area (Å²) in [6, 6.07) is -1.73. The first-order chi connectivity index (χ1) is 7.34. The lowest BCUT2D eigenvalue weighted by molar-refractivity contribution is -0.546. The van der Waals surface area contributed by atoms with Gasteiger partial charge < -0.3 is 0 Å². The molecule has 0 radical (unpaired) electrons. The van der Waals surface area contributed by atoms with E-state index in [0.29, 0.717) is 0 Å². The molecule has 1 unspecified atom stereocenters. The average Bonchev–Trinajstić information content (AvgIpc) is 2.16. The highest BCUT2D eigenvalue weighted by Crippen LogP contribution is 2.33. The Balaban J connectivity index is 3.12. The van der Waals surface area contributed by atoms with Gasteiger partial charge in [-0.1, -0.05) is 12.5 Å². The fourth-order valence-corrected chi connectivity index (χ4v) is 1.56. The third-order valence-electron chi connectivity index (χ3n) is 2.46. The van der Waals surface area contributed by atoms with Crippen molar-refractivity contribution in [2.45, 2.75) is 25.8 Å². The predicted molar refractivity (Wildman–Crippen MR) is 49.9 cm³/mol. The fourth-order valence-electron chi connectivity index (χ4n) is 1.56. The largest absolute Gasteiger partial charge is 0.277 e. The standard InChI is InChI=1S/C7H8N3O6/c1-4-6(9(13)14)2-5(8(11)12)3-7(4)10(15)16/h5H,2-3H2,1H3/q-1. The van der Waals surface area contributed by atoms with Gasteiger partial charge in [0.15, 0.2) is 0 Å². The van der Waals surface area contributed by atoms with Crippen molar-refractivity contribution in [3.8, 4) is 0 Å². The Labute approximate surface area is 89.2 Å². The topological polar surface area (TPSA) is 129 Å². The zero-order valence-electron chi connectivity index (χ0n) is 8.28. The predicted octanol–water partition coefficient (Wildman–Crippen LogP) is 0.785. The summed E-state index contributed by atoms with van der Waals surface area (Å²) in [5, 5.41) is 31.7. The molecule has 0 aromatic heterocycles. The molecule has 0 N–H and O–H groups in total. The maximum atomic E-state index is 10.6. The van der Waals surface area contributed by atoms with Crippen molar-refractivity contribution in [3.63, 3.8) is 0 Å². The number of nitrogens with zero attached hydrogens (tertiary/aromatic N) is 3. The Morgan fingerprint density at radius 1 is 1.25 bits per heavy atom. The minimum Gasteiger partial charge on any atom is -0.277 e. The van der Waals surface area contributed by atoms with E-state index in [1.54, 1.807) is 0 Å². The van der Waals surface area contributed by atoms with E-state index in [2.05, 4.69) is 0 Å². The first-order valence-electron chi connectivity index (χ1n) is 4.32. The van der Waals surface area contributed by atoms with E-state index in [0.717, 1.165) is 0 Å². The van der Waals surface area contributed by atoms with Crippen molar-refractivity contribution in [2.24, 2.45) is 0 Å². The molecule has 0 spiro atoms. The van der Waals surface area contributed by atoms with Crippen LogP contribution in [0, 0.1) is 36.4 Å². The summed E-state index contributed by atoms with van der Waals surface area (Å²) >= 11 is 0. The van der Waals surface area contributed by atoms with Crippen LogP contribution in [-0.4, -0.2) is 20.8 Å². The Hall–Kier alpha value is -2.19. The maximum absolute atomic E-state index is 10.6. The molecule has 1 rings (SSSR count). The lowest BCUT2D eigenvalue weighted by Crippen LogP contribution is -2.32. The van der Waals surface area contributed by atoms with Crippen LogP contribution in [0.25, 0.3) is 0 Å². The van der Waals surface area contributed by atoms with Gasteiger partial charge in [-0.2, -0.15) is 0 Å². The van der Waals surface area contributed by atoms with E-state index in [1.165, 1.54) is 6.92 Å². The number of hydrogen-bond donors (Lipinski definition) is 0. The van der Waals surface area contributed by atoms with Crippen LogP contribution in [0.5, 0.6) is 0 Å². The molecule has 0 aromatic carbocycles. The minimum atomic E-state index is -1.29. The number of hydrogen-bond acceptors (Lipinski definition) is 6. The summed E-state index contributed by atoms with van der Waals surface area (Å²) in [6.45, 7) is 1.24. The molecule has 0 aliphatic heterocycles. The highest BCUT2D eigenvalue weighted by molar-refractivity contribution is 5.24. The van der Waals surface area contributed by atoms with E-state index < -0.39 is 32.6 Å². The SMILES string of the molecule is CC1=C([N+](=O)[O-])CC([N+](=O)[O-])C[C-]1[N+](=O)[O-]. The van der Waals surface area contributed by atoms with Gasteiger partial charge in [-0.25, -0.2) is 0 Å².